The van der Waals surface area contributed by atoms with E-state index >= 15 is 0 Å². The second kappa shape index (κ2) is 4.94. The summed E-state index contributed by atoms with van der Waals surface area (Å²) in [6.07, 6.45) is 6.84. The van der Waals surface area contributed by atoms with E-state index < -0.39 is 0 Å². The minimum atomic E-state index is 1.19. The lowest BCUT2D eigenvalue weighted by Crippen LogP contribution is -2.55. The molecule has 0 unspecified atom stereocenters. The Hall–Kier alpha value is -1.11. The molecule has 0 fully saturated rings. The van der Waals surface area contributed by atoms with E-state index in [0.717, 1.165) is 0 Å². The molecule has 1 nitrogen and oxygen atoms in total. The third kappa shape index (κ3) is 2.03. The summed E-state index contributed by atoms with van der Waals surface area (Å²) >= 11 is 0. The van der Waals surface area contributed by atoms with Gasteiger partial charge in [0.15, 0.2) is 6.20 Å². The summed E-state index contributed by atoms with van der Waals surface area (Å²) < 4.78 is 2.19. The molecule has 1 aliphatic carbocycles. The van der Waals surface area contributed by atoms with Gasteiger partial charge in [-0.05, 0) is 31.9 Å². The van der Waals surface area contributed by atoms with E-state index in [1.807, 2.05) is 13.8 Å². The van der Waals surface area contributed by atoms with Crippen LogP contribution >= 0.6 is 0 Å². The van der Waals surface area contributed by atoms with E-state index in [1.165, 1.54) is 29.0 Å². The van der Waals surface area contributed by atoms with Crippen LogP contribution < -0.4 is 15.1 Å². The van der Waals surface area contributed by atoms with E-state index in [0.29, 0.717) is 0 Å². The summed E-state index contributed by atoms with van der Waals surface area (Å²) in [5, 5.41) is 2.80. The van der Waals surface area contributed by atoms with E-state index in [-0.39, 0.29) is 0 Å². The van der Waals surface area contributed by atoms with Crippen LogP contribution in [0.2, 0.25) is 0 Å². The van der Waals surface area contributed by atoms with Gasteiger partial charge in [0.2, 0.25) is 5.35 Å². The SMILES string of the molecule is CC.CC1=c2ccc[n+](C)c2=CCC1. The van der Waals surface area contributed by atoms with E-state index in [2.05, 4.69) is 42.9 Å². The van der Waals surface area contributed by atoms with Crippen LogP contribution in [0.1, 0.15) is 33.6 Å². The van der Waals surface area contributed by atoms with E-state index in [1.54, 1.807) is 0 Å². The predicted octanol–water partition coefficient (Wildman–Crippen LogP) is 1.28. The number of rotatable bonds is 0. The fourth-order valence-corrected chi connectivity index (χ4v) is 1.80. The molecule has 76 valence electrons. The second-order valence-electron chi connectivity index (χ2n) is 3.44. The summed E-state index contributed by atoms with van der Waals surface area (Å²) in [4.78, 5) is 0. The maximum Gasteiger partial charge on any atom is 0.208 e. The van der Waals surface area contributed by atoms with Gasteiger partial charge in [0.1, 0.15) is 7.05 Å². The number of fused-ring (bicyclic) bond motifs is 1. The zero-order valence-corrected chi connectivity index (χ0v) is 9.67. The minimum Gasteiger partial charge on any atom is -0.201 e. The maximum absolute atomic E-state index is 2.32. The van der Waals surface area contributed by atoms with Gasteiger partial charge in [0.05, 0.1) is 0 Å². The van der Waals surface area contributed by atoms with Crippen LogP contribution in [0, 0.1) is 0 Å². The molecule has 0 aromatic carbocycles. The molecule has 0 bridgehead atoms. The Bertz CT molecular complexity index is 415. The van der Waals surface area contributed by atoms with Gasteiger partial charge in [-0.25, -0.2) is 4.57 Å². The highest BCUT2D eigenvalue weighted by atomic mass is 14.9. The van der Waals surface area contributed by atoms with Crippen molar-refractivity contribution < 1.29 is 4.57 Å². The Morgan fingerprint density at radius 3 is 2.64 bits per heavy atom. The Morgan fingerprint density at radius 1 is 1.29 bits per heavy atom. The molecule has 0 aliphatic heterocycles. The Morgan fingerprint density at radius 2 is 2.00 bits per heavy atom. The smallest absolute Gasteiger partial charge is 0.201 e. The minimum absolute atomic E-state index is 1.19. The van der Waals surface area contributed by atoms with Crippen LogP contribution in [0.3, 0.4) is 0 Å². The lowest BCUT2D eigenvalue weighted by atomic mass is 10.0. The molecule has 0 spiro atoms. The molecule has 1 aromatic heterocycles. The molecule has 0 radical (unpaired) electrons. The van der Waals surface area contributed by atoms with Crippen LogP contribution in [0.4, 0.5) is 0 Å². The van der Waals surface area contributed by atoms with Gasteiger partial charge in [-0.2, -0.15) is 0 Å². The third-order valence-corrected chi connectivity index (χ3v) is 2.55. The fourth-order valence-electron chi connectivity index (χ4n) is 1.80. The van der Waals surface area contributed by atoms with Crippen LogP contribution in [0.5, 0.6) is 0 Å². The molecule has 1 heteroatoms. The van der Waals surface area contributed by atoms with Crippen molar-refractivity contribution in [1.82, 2.24) is 0 Å². The molecule has 0 amide bonds. The zero-order chi connectivity index (χ0) is 10.6. The van der Waals surface area contributed by atoms with Crippen LogP contribution in [0.15, 0.2) is 18.3 Å². The molecular weight excluding hydrogens is 170 g/mol. The molecular formula is C13H20N+. The molecule has 2 rings (SSSR count). The summed E-state index contributed by atoms with van der Waals surface area (Å²) in [5.41, 5.74) is 1.52. The van der Waals surface area contributed by atoms with E-state index in [4.69, 9.17) is 0 Å². The van der Waals surface area contributed by atoms with Gasteiger partial charge < -0.3 is 0 Å². The highest BCUT2D eigenvalue weighted by molar-refractivity contribution is 5.46. The maximum atomic E-state index is 2.32. The number of aromatic nitrogens is 1. The fraction of sp³-hybridized carbons (Fsp3) is 0.462. The van der Waals surface area contributed by atoms with Crippen molar-refractivity contribution in [3.63, 3.8) is 0 Å². The van der Waals surface area contributed by atoms with Crippen molar-refractivity contribution >= 4 is 11.6 Å². The van der Waals surface area contributed by atoms with Gasteiger partial charge in [-0.3, -0.25) is 0 Å². The topological polar surface area (TPSA) is 3.88 Å². The lowest BCUT2D eigenvalue weighted by molar-refractivity contribution is -0.685. The van der Waals surface area contributed by atoms with Crippen molar-refractivity contribution in [3.05, 3.63) is 28.9 Å². The van der Waals surface area contributed by atoms with Gasteiger partial charge in [0.25, 0.3) is 0 Å². The standard InChI is InChI=1S/C11H14N.C2H6/c1-9-5-3-7-11-10(9)6-4-8-12(11)2;1-2/h4,6-8H,3,5H2,1-2H3;1-2H3/q+1;. The van der Waals surface area contributed by atoms with Crippen molar-refractivity contribution in [2.75, 3.05) is 0 Å². The quantitative estimate of drug-likeness (QED) is 0.543. The Kier molecular flexibility index (Phi) is 3.87. The molecule has 0 saturated carbocycles. The first kappa shape index (κ1) is 11.0. The molecule has 0 saturated heterocycles. The number of hydrogen-bond acceptors (Lipinski definition) is 0. The number of nitrogens with zero attached hydrogens (tertiary/aromatic N) is 1. The summed E-state index contributed by atoms with van der Waals surface area (Å²) in [6.45, 7) is 6.23. The zero-order valence-electron chi connectivity index (χ0n) is 9.67. The largest absolute Gasteiger partial charge is 0.208 e. The monoisotopic (exact) mass is 190 g/mol. The van der Waals surface area contributed by atoms with Crippen LogP contribution in [-0.4, -0.2) is 0 Å². The van der Waals surface area contributed by atoms with Gasteiger partial charge in [-0.15, -0.1) is 0 Å². The first-order valence-corrected chi connectivity index (χ1v) is 5.43. The highest BCUT2D eigenvalue weighted by Crippen LogP contribution is 2.04. The molecule has 1 aliphatic rings. The molecule has 14 heavy (non-hydrogen) atoms. The van der Waals surface area contributed by atoms with E-state index in [9.17, 15) is 0 Å². The van der Waals surface area contributed by atoms with Crippen molar-refractivity contribution in [1.29, 1.82) is 0 Å². The summed E-state index contributed by atoms with van der Waals surface area (Å²) in [6, 6.07) is 4.32. The first-order chi connectivity index (χ1) is 6.79. The first-order valence-electron chi connectivity index (χ1n) is 5.43. The molecule has 1 heterocycles. The number of aryl methyl sites for hydroxylation is 1. The average Bonchev–Trinajstić information content (AvgIpc) is 2.23. The molecule has 0 atom stereocenters. The average molecular weight is 190 g/mol. The van der Waals surface area contributed by atoms with Crippen LogP contribution in [-0.2, 0) is 7.05 Å². The summed E-state index contributed by atoms with van der Waals surface area (Å²) in [5.74, 6) is 0. The molecule has 0 N–H and O–H groups in total. The van der Waals surface area contributed by atoms with Gasteiger partial charge in [-0.1, -0.05) is 19.4 Å². The Labute approximate surface area is 86.4 Å². The highest BCUT2D eigenvalue weighted by Gasteiger charge is 2.05. The van der Waals surface area contributed by atoms with Crippen molar-refractivity contribution in [2.24, 2.45) is 7.05 Å². The normalized spacial score (nSPS) is 13.6. The Balaban J connectivity index is 0.000000461. The van der Waals surface area contributed by atoms with Crippen LogP contribution in [0.25, 0.3) is 11.6 Å². The van der Waals surface area contributed by atoms with Crippen molar-refractivity contribution in [3.8, 4) is 0 Å². The lowest BCUT2D eigenvalue weighted by Gasteiger charge is -2.03. The summed E-state index contributed by atoms with van der Waals surface area (Å²) in [7, 11) is 2.11. The number of hydrogen-bond donors (Lipinski definition) is 0. The van der Waals surface area contributed by atoms with Gasteiger partial charge >= 0.3 is 0 Å². The third-order valence-electron chi connectivity index (χ3n) is 2.55. The second-order valence-corrected chi connectivity index (χ2v) is 3.44. The predicted molar refractivity (Wildman–Crippen MR) is 61.0 cm³/mol. The van der Waals surface area contributed by atoms with Crippen molar-refractivity contribution in [2.45, 2.75) is 33.6 Å². The molecule has 1 aromatic rings. The van der Waals surface area contributed by atoms with Gasteiger partial charge in [0, 0.05) is 11.3 Å². The number of pyridine rings is 1.